The second kappa shape index (κ2) is 8.84. The number of nitrogens with two attached hydrogens (primary N) is 1. The van der Waals surface area contributed by atoms with E-state index in [0.717, 1.165) is 24.0 Å². The lowest BCUT2D eigenvalue weighted by Crippen LogP contribution is -2.43. The number of nitrogen functional groups attached to an aromatic ring is 1. The molecule has 0 aliphatic carbocycles. The maximum atomic E-state index is 13.3. The molecule has 1 aliphatic heterocycles. The topological polar surface area (TPSA) is 81.3 Å². The summed E-state index contributed by atoms with van der Waals surface area (Å²) in [6.45, 7) is 1.81. The predicted molar refractivity (Wildman–Crippen MR) is 112 cm³/mol. The molecule has 3 aromatic rings. The first kappa shape index (κ1) is 19.1. The van der Waals surface area contributed by atoms with Crippen molar-refractivity contribution >= 4 is 11.9 Å². The highest BCUT2D eigenvalue weighted by atomic mass is 16.5. The number of piperidine rings is 1. The van der Waals surface area contributed by atoms with E-state index in [0.29, 0.717) is 31.0 Å². The molecule has 6 heteroatoms. The predicted octanol–water partition coefficient (Wildman–Crippen LogP) is 3.55. The van der Waals surface area contributed by atoms with Gasteiger partial charge in [0, 0.05) is 24.8 Å². The van der Waals surface area contributed by atoms with Crippen LogP contribution in [-0.4, -0.2) is 40.0 Å². The standard InChI is InChI=1S/C23H24N4O2/c24-23-25-14-20(21(26-23)18-10-5-2-6-11-18)22(28)27-13-7-12-19(15-27)29-16-17-8-3-1-4-9-17/h1-6,8-11,14,19H,7,12-13,15-16H2,(H2,24,25,26). The summed E-state index contributed by atoms with van der Waals surface area (Å²) in [4.78, 5) is 23.5. The van der Waals surface area contributed by atoms with E-state index in [1.807, 2.05) is 65.6 Å². The fraction of sp³-hybridized carbons (Fsp3) is 0.261. The van der Waals surface area contributed by atoms with Crippen molar-refractivity contribution in [2.24, 2.45) is 0 Å². The molecule has 148 valence electrons. The smallest absolute Gasteiger partial charge is 0.257 e. The molecular weight excluding hydrogens is 364 g/mol. The largest absolute Gasteiger partial charge is 0.372 e. The minimum absolute atomic E-state index is 0.0165. The van der Waals surface area contributed by atoms with Gasteiger partial charge in [-0.2, -0.15) is 0 Å². The second-order valence-electron chi connectivity index (χ2n) is 7.17. The first-order valence-corrected chi connectivity index (χ1v) is 9.83. The fourth-order valence-electron chi connectivity index (χ4n) is 3.59. The van der Waals surface area contributed by atoms with Gasteiger partial charge in [0.1, 0.15) is 0 Å². The van der Waals surface area contributed by atoms with E-state index in [1.54, 1.807) is 0 Å². The van der Waals surface area contributed by atoms with E-state index in [-0.39, 0.29) is 18.0 Å². The summed E-state index contributed by atoms with van der Waals surface area (Å²) in [6, 6.07) is 19.7. The van der Waals surface area contributed by atoms with Crippen molar-refractivity contribution in [1.29, 1.82) is 0 Å². The Morgan fingerprint density at radius 3 is 2.59 bits per heavy atom. The van der Waals surface area contributed by atoms with Crippen LogP contribution in [0.5, 0.6) is 0 Å². The molecule has 2 N–H and O–H groups in total. The Balaban J connectivity index is 1.49. The van der Waals surface area contributed by atoms with Crippen LogP contribution in [0.25, 0.3) is 11.3 Å². The van der Waals surface area contributed by atoms with Crippen LogP contribution in [0, 0.1) is 0 Å². The van der Waals surface area contributed by atoms with E-state index >= 15 is 0 Å². The van der Waals surface area contributed by atoms with Gasteiger partial charge >= 0.3 is 0 Å². The Hall–Kier alpha value is -3.25. The Labute approximate surface area is 170 Å². The minimum Gasteiger partial charge on any atom is -0.372 e. The van der Waals surface area contributed by atoms with Crippen LogP contribution in [0.3, 0.4) is 0 Å². The highest BCUT2D eigenvalue weighted by molar-refractivity contribution is 5.99. The number of carbonyl (C=O) groups excluding carboxylic acids is 1. The van der Waals surface area contributed by atoms with E-state index < -0.39 is 0 Å². The summed E-state index contributed by atoms with van der Waals surface area (Å²) in [5, 5.41) is 0. The molecule has 4 rings (SSSR count). The number of nitrogens with zero attached hydrogens (tertiary/aromatic N) is 3. The third-order valence-electron chi connectivity index (χ3n) is 5.08. The quantitative estimate of drug-likeness (QED) is 0.723. The summed E-state index contributed by atoms with van der Waals surface area (Å²) in [5.41, 5.74) is 8.80. The third-order valence-corrected chi connectivity index (χ3v) is 5.08. The number of carbonyl (C=O) groups is 1. The van der Waals surface area contributed by atoms with Crippen LogP contribution in [0.15, 0.2) is 66.9 Å². The van der Waals surface area contributed by atoms with E-state index in [9.17, 15) is 4.79 Å². The van der Waals surface area contributed by atoms with Crippen molar-refractivity contribution in [2.45, 2.75) is 25.6 Å². The van der Waals surface area contributed by atoms with Gasteiger partial charge in [-0.25, -0.2) is 9.97 Å². The van der Waals surface area contributed by atoms with Crippen LogP contribution in [0.1, 0.15) is 28.8 Å². The molecule has 0 radical (unpaired) electrons. The van der Waals surface area contributed by atoms with Crippen LogP contribution >= 0.6 is 0 Å². The van der Waals surface area contributed by atoms with Gasteiger partial charge in [-0.05, 0) is 18.4 Å². The lowest BCUT2D eigenvalue weighted by molar-refractivity contribution is -0.00672. The van der Waals surface area contributed by atoms with Gasteiger partial charge in [-0.15, -0.1) is 0 Å². The number of hydrogen-bond donors (Lipinski definition) is 1. The average molecular weight is 388 g/mol. The number of hydrogen-bond acceptors (Lipinski definition) is 5. The van der Waals surface area contributed by atoms with E-state index in [1.165, 1.54) is 6.20 Å². The Kier molecular flexibility index (Phi) is 5.81. The lowest BCUT2D eigenvalue weighted by atomic mass is 10.0. The molecule has 1 fully saturated rings. The summed E-state index contributed by atoms with van der Waals surface area (Å²) < 4.78 is 6.07. The van der Waals surface area contributed by atoms with Crippen LogP contribution < -0.4 is 5.73 Å². The molecule has 1 amide bonds. The first-order valence-electron chi connectivity index (χ1n) is 9.83. The zero-order valence-electron chi connectivity index (χ0n) is 16.2. The van der Waals surface area contributed by atoms with Crippen LogP contribution in [-0.2, 0) is 11.3 Å². The fourth-order valence-corrected chi connectivity index (χ4v) is 3.59. The number of aromatic nitrogens is 2. The molecule has 1 unspecified atom stereocenters. The van der Waals surface area contributed by atoms with Gasteiger partial charge in [-0.1, -0.05) is 60.7 Å². The van der Waals surface area contributed by atoms with Crippen LogP contribution in [0.2, 0.25) is 0 Å². The van der Waals surface area contributed by atoms with Gasteiger partial charge in [0.15, 0.2) is 0 Å². The van der Waals surface area contributed by atoms with Crippen molar-refractivity contribution in [2.75, 3.05) is 18.8 Å². The molecule has 0 bridgehead atoms. The van der Waals surface area contributed by atoms with E-state index in [2.05, 4.69) is 9.97 Å². The maximum absolute atomic E-state index is 13.3. The van der Waals surface area contributed by atoms with Gasteiger partial charge in [-0.3, -0.25) is 4.79 Å². The molecule has 1 aliphatic rings. The highest BCUT2D eigenvalue weighted by Crippen LogP contribution is 2.25. The summed E-state index contributed by atoms with van der Waals surface area (Å²) in [6.07, 6.45) is 3.39. The van der Waals surface area contributed by atoms with Crippen molar-refractivity contribution in [3.05, 3.63) is 78.0 Å². The molecule has 1 atom stereocenters. The number of ether oxygens (including phenoxy) is 1. The molecule has 29 heavy (non-hydrogen) atoms. The summed E-state index contributed by atoms with van der Waals surface area (Å²) in [7, 11) is 0. The lowest BCUT2D eigenvalue weighted by Gasteiger charge is -2.33. The monoisotopic (exact) mass is 388 g/mol. The van der Waals surface area contributed by atoms with Crippen molar-refractivity contribution < 1.29 is 9.53 Å². The number of likely N-dealkylation sites (tertiary alicyclic amines) is 1. The highest BCUT2D eigenvalue weighted by Gasteiger charge is 2.27. The molecule has 2 aromatic carbocycles. The Morgan fingerprint density at radius 2 is 1.83 bits per heavy atom. The zero-order chi connectivity index (χ0) is 20.1. The first-order chi connectivity index (χ1) is 14.2. The summed E-state index contributed by atoms with van der Waals surface area (Å²) in [5.74, 6) is 0.0694. The van der Waals surface area contributed by atoms with E-state index in [4.69, 9.17) is 10.5 Å². The average Bonchev–Trinajstić information content (AvgIpc) is 2.79. The molecule has 0 saturated carbocycles. The number of anilines is 1. The molecule has 2 heterocycles. The SMILES string of the molecule is Nc1ncc(C(=O)N2CCCC(OCc3ccccc3)C2)c(-c2ccccc2)n1. The molecule has 6 nitrogen and oxygen atoms in total. The Bertz CT molecular complexity index is 963. The molecule has 1 saturated heterocycles. The molecule has 1 aromatic heterocycles. The zero-order valence-corrected chi connectivity index (χ0v) is 16.2. The van der Waals surface area contributed by atoms with Gasteiger partial charge in [0.25, 0.3) is 5.91 Å². The summed E-state index contributed by atoms with van der Waals surface area (Å²) >= 11 is 0. The molecule has 0 spiro atoms. The normalized spacial score (nSPS) is 16.6. The van der Waals surface area contributed by atoms with Gasteiger partial charge < -0.3 is 15.4 Å². The molecular formula is C23H24N4O2. The Morgan fingerprint density at radius 1 is 1.10 bits per heavy atom. The van der Waals surface area contributed by atoms with Crippen molar-refractivity contribution in [3.63, 3.8) is 0 Å². The number of rotatable bonds is 5. The minimum atomic E-state index is -0.0862. The van der Waals surface area contributed by atoms with Gasteiger partial charge in [0.2, 0.25) is 5.95 Å². The maximum Gasteiger partial charge on any atom is 0.257 e. The van der Waals surface area contributed by atoms with Crippen LogP contribution in [0.4, 0.5) is 5.95 Å². The van der Waals surface area contributed by atoms with Gasteiger partial charge in [0.05, 0.1) is 24.0 Å². The third kappa shape index (κ3) is 4.60. The number of benzene rings is 2. The van der Waals surface area contributed by atoms with Crippen molar-refractivity contribution in [1.82, 2.24) is 14.9 Å². The second-order valence-corrected chi connectivity index (χ2v) is 7.17. The number of amides is 1. The van der Waals surface area contributed by atoms with Crippen molar-refractivity contribution in [3.8, 4) is 11.3 Å².